The summed E-state index contributed by atoms with van der Waals surface area (Å²) in [5.74, 6) is 0.820. The fraction of sp³-hybridized carbons (Fsp3) is 0.636. The minimum atomic E-state index is -0.473. The molecule has 5 heteroatoms. The summed E-state index contributed by atoms with van der Waals surface area (Å²) in [6, 6.07) is 0. The van der Waals surface area contributed by atoms with Crippen LogP contribution in [-0.4, -0.2) is 14.5 Å². The first-order chi connectivity index (χ1) is 7.47. The molecule has 1 atom stereocenters. The Morgan fingerprint density at radius 3 is 2.38 bits per heavy atom. The van der Waals surface area contributed by atoms with Gasteiger partial charge in [0.2, 0.25) is 0 Å². The van der Waals surface area contributed by atoms with Gasteiger partial charge in [-0.25, -0.2) is 0 Å². The lowest BCUT2D eigenvalue weighted by Crippen LogP contribution is -2.41. The maximum Gasteiger partial charge on any atom is 0.316 e. The number of aromatic nitrogens is 2. The van der Waals surface area contributed by atoms with Gasteiger partial charge in [0.15, 0.2) is 0 Å². The standard InChI is InChI=1S/C11H17BrN2O2/c1-8(2)9(6-12)7-14-5-4-13(3)10(15)11(14)16/h4-5,8-9H,6-7H2,1-3H3. The molecule has 0 aliphatic carbocycles. The van der Waals surface area contributed by atoms with Gasteiger partial charge in [-0.3, -0.25) is 9.59 Å². The van der Waals surface area contributed by atoms with Gasteiger partial charge in [0.1, 0.15) is 0 Å². The predicted molar refractivity (Wildman–Crippen MR) is 68.1 cm³/mol. The summed E-state index contributed by atoms with van der Waals surface area (Å²) < 4.78 is 2.80. The van der Waals surface area contributed by atoms with Crippen LogP contribution in [0.2, 0.25) is 0 Å². The third kappa shape index (κ3) is 2.84. The molecule has 0 spiro atoms. The molecule has 0 aromatic carbocycles. The second-order valence-electron chi connectivity index (χ2n) is 4.33. The average Bonchev–Trinajstić information content (AvgIpc) is 2.25. The van der Waals surface area contributed by atoms with E-state index in [1.54, 1.807) is 19.4 Å². The molecular weight excluding hydrogens is 272 g/mol. The summed E-state index contributed by atoms with van der Waals surface area (Å²) in [7, 11) is 1.58. The second kappa shape index (κ2) is 5.48. The van der Waals surface area contributed by atoms with Crippen molar-refractivity contribution in [3.63, 3.8) is 0 Å². The van der Waals surface area contributed by atoms with Gasteiger partial charge in [-0.05, 0) is 11.8 Å². The molecule has 1 aromatic heterocycles. The Bertz CT molecular complexity index is 462. The quantitative estimate of drug-likeness (QED) is 0.618. The average molecular weight is 289 g/mol. The zero-order valence-corrected chi connectivity index (χ0v) is 11.4. The van der Waals surface area contributed by atoms with Crippen LogP contribution >= 0.6 is 15.9 Å². The number of nitrogens with zero attached hydrogens (tertiary/aromatic N) is 2. The van der Waals surface area contributed by atoms with Crippen LogP contribution in [0.5, 0.6) is 0 Å². The van der Waals surface area contributed by atoms with Crippen molar-refractivity contribution in [3.05, 3.63) is 33.1 Å². The van der Waals surface area contributed by atoms with E-state index in [0.717, 1.165) is 5.33 Å². The topological polar surface area (TPSA) is 44.0 Å². The lowest BCUT2D eigenvalue weighted by molar-refractivity contribution is 0.366. The Morgan fingerprint density at radius 1 is 1.25 bits per heavy atom. The molecule has 1 unspecified atom stereocenters. The molecule has 1 heterocycles. The number of aryl methyl sites for hydroxylation is 1. The summed E-state index contributed by atoms with van der Waals surface area (Å²) in [6.07, 6.45) is 3.29. The maximum absolute atomic E-state index is 11.7. The molecule has 0 bridgehead atoms. The normalized spacial score (nSPS) is 13.1. The molecule has 16 heavy (non-hydrogen) atoms. The van der Waals surface area contributed by atoms with Crippen molar-refractivity contribution in [1.82, 2.24) is 9.13 Å². The van der Waals surface area contributed by atoms with Gasteiger partial charge in [0.05, 0.1) is 0 Å². The maximum atomic E-state index is 11.7. The molecule has 0 fully saturated rings. The molecule has 0 aliphatic rings. The third-order valence-corrected chi connectivity index (χ3v) is 3.64. The van der Waals surface area contributed by atoms with Gasteiger partial charge >= 0.3 is 11.1 Å². The van der Waals surface area contributed by atoms with E-state index < -0.39 is 11.1 Å². The van der Waals surface area contributed by atoms with E-state index >= 15 is 0 Å². The highest BCUT2D eigenvalue weighted by Crippen LogP contribution is 2.14. The summed E-state index contributed by atoms with van der Waals surface area (Å²) in [5, 5.41) is 0.826. The van der Waals surface area contributed by atoms with Gasteiger partial charge in [-0.2, -0.15) is 0 Å². The molecule has 1 rings (SSSR count). The Hall–Kier alpha value is -0.840. The molecule has 0 aliphatic heterocycles. The summed E-state index contributed by atoms with van der Waals surface area (Å²) in [6.45, 7) is 4.80. The zero-order valence-electron chi connectivity index (χ0n) is 9.81. The summed E-state index contributed by atoms with van der Waals surface area (Å²) >= 11 is 3.43. The molecule has 0 saturated heterocycles. The fourth-order valence-corrected chi connectivity index (χ4v) is 2.38. The highest BCUT2D eigenvalue weighted by atomic mass is 79.9. The Kier molecular flexibility index (Phi) is 4.53. The highest BCUT2D eigenvalue weighted by molar-refractivity contribution is 9.09. The van der Waals surface area contributed by atoms with Gasteiger partial charge in [0.25, 0.3) is 0 Å². The van der Waals surface area contributed by atoms with E-state index in [1.165, 1.54) is 9.13 Å². The first kappa shape index (κ1) is 13.2. The SMILES string of the molecule is CC(C)C(CBr)Cn1ccn(C)c(=O)c1=O. The van der Waals surface area contributed by atoms with Crippen LogP contribution in [0.3, 0.4) is 0 Å². The molecule has 1 aromatic rings. The zero-order chi connectivity index (χ0) is 12.3. The van der Waals surface area contributed by atoms with Gasteiger partial charge in [-0.15, -0.1) is 0 Å². The lowest BCUT2D eigenvalue weighted by Gasteiger charge is -2.19. The van der Waals surface area contributed by atoms with Crippen LogP contribution in [0.15, 0.2) is 22.0 Å². The monoisotopic (exact) mass is 288 g/mol. The van der Waals surface area contributed by atoms with E-state index in [2.05, 4.69) is 29.8 Å². The number of alkyl halides is 1. The van der Waals surface area contributed by atoms with Crippen LogP contribution in [0.25, 0.3) is 0 Å². The van der Waals surface area contributed by atoms with Crippen molar-refractivity contribution >= 4 is 15.9 Å². The van der Waals surface area contributed by atoms with E-state index in [1.807, 2.05) is 0 Å². The summed E-state index contributed by atoms with van der Waals surface area (Å²) in [4.78, 5) is 23.1. The molecule has 0 amide bonds. The molecule has 0 saturated carbocycles. The van der Waals surface area contributed by atoms with Crippen molar-refractivity contribution in [2.45, 2.75) is 20.4 Å². The van der Waals surface area contributed by atoms with Crippen molar-refractivity contribution in [2.24, 2.45) is 18.9 Å². The van der Waals surface area contributed by atoms with Crippen molar-refractivity contribution in [1.29, 1.82) is 0 Å². The van der Waals surface area contributed by atoms with E-state index in [-0.39, 0.29) is 0 Å². The van der Waals surface area contributed by atoms with Crippen LogP contribution in [0.4, 0.5) is 0 Å². The van der Waals surface area contributed by atoms with Crippen LogP contribution < -0.4 is 11.1 Å². The number of hydrogen-bond acceptors (Lipinski definition) is 2. The minimum Gasteiger partial charge on any atom is -0.312 e. The Morgan fingerprint density at radius 2 is 1.88 bits per heavy atom. The Balaban J connectivity index is 3.03. The summed E-state index contributed by atoms with van der Waals surface area (Å²) in [5.41, 5.74) is -0.920. The first-order valence-corrected chi connectivity index (χ1v) is 6.41. The number of hydrogen-bond donors (Lipinski definition) is 0. The third-order valence-electron chi connectivity index (χ3n) is 2.81. The largest absolute Gasteiger partial charge is 0.316 e. The van der Waals surface area contributed by atoms with E-state index in [0.29, 0.717) is 18.4 Å². The molecule has 0 radical (unpaired) electrons. The van der Waals surface area contributed by atoms with Gasteiger partial charge in [0, 0.05) is 31.3 Å². The van der Waals surface area contributed by atoms with E-state index in [4.69, 9.17) is 0 Å². The van der Waals surface area contributed by atoms with Gasteiger partial charge in [-0.1, -0.05) is 29.8 Å². The lowest BCUT2D eigenvalue weighted by atomic mass is 9.98. The van der Waals surface area contributed by atoms with Crippen molar-refractivity contribution in [2.75, 3.05) is 5.33 Å². The number of halogens is 1. The van der Waals surface area contributed by atoms with E-state index in [9.17, 15) is 9.59 Å². The minimum absolute atomic E-state index is 0.352. The molecule has 90 valence electrons. The fourth-order valence-electron chi connectivity index (χ4n) is 1.42. The smallest absolute Gasteiger partial charge is 0.312 e. The number of rotatable bonds is 4. The molecule has 0 N–H and O–H groups in total. The van der Waals surface area contributed by atoms with Crippen LogP contribution in [0.1, 0.15) is 13.8 Å². The van der Waals surface area contributed by atoms with Crippen molar-refractivity contribution < 1.29 is 0 Å². The van der Waals surface area contributed by atoms with Crippen molar-refractivity contribution in [3.8, 4) is 0 Å². The van der Waals surface area contributed by atoms with Gasteiger partial charge < -0.3 is 9.13 Å². The Labute approximate surface area is 103 Å². The molecular formula is C11H17BrN2O2. The van der Waals surface area contributed by atoms with Crippen LogP contribution in [0, 0.1) is 11.8 Å². The first-order valence-electron chi connectivity index (χ1n) is 5.29. The predicted octanol–water partition coefficient (Wildman–Crippen LogP) is 1.21. The second-order valence-corrected chi connectivity index (χ2v) is 4.98. The highest BCUT2D eigenvalue weighted by Gasteiger charge is 2.14. The van der Waals surface area contributed by atoms with Crippen LogP contribution in [-0.2, 0) is 13.6 Å². The molecule has 4 nitrogen and oxygen atoms in total.